The van der Waals surface area contributed by atoms with Crippen molar-refractivity contribution in [1.29, 1.82) is 0 Å². The molecule has 1 fully saturated rings. The van der Waals surface area contributed by atoms with E-state index in [0.29, 0.717) is 23.0 Å². The second-order valence-corrected chi connectivity index (χ2v) is 9.05. The van der Waals surface area contributed by atoms with Gasteiger partial charge in [0, 0.05) is 29.9 Å². The van der Waals surface area contributed by atoms with Crippen LogP contribution in [0.15, 0.2) is 53.4 Å². The van der Waals surface area contributed by atoms with Crippen LogP contribution in [0.3, 0.4) is 0 Å². The maximum Gasteiger partial charge on any atom is 0.244 e. The SMILES string of the molecule is CC(=O)Nc1ccc(S(=O)(=O)N2CCS[C@@H]2c2ccccc2Cl)cc1. The first-order valence-electron chi connectivity index (χ1n) is 7.65. The third-order valence-corrected chi connectivity index (χ3v) is 7.40. The van der Waals surface area contributed by atoms with Gasteiger partial charge in [-0.15, -0.1) is 11.8 Å². The lowest BCUT2D eigenvalue weighted by Gasteiger charge is -2.24. The number of carbonyl (C=O) groups excluding carboxylic acids is 1. The number of anilines is 1. The van der Waals surface area contributed by atoms with Gasteiger partial charge in [0.15, 0.2) is 0 Å². The van der Waals surface area contributed by atoms with Crippen molar-refractivity contribution in [3.8, 4) is 0 Å². The van der Waals surface area contributed by atoms with Crippen LogP contribution in [0, 0.1) is 0 Å². The molecule has 0 radical (unpaired) electrons. The van der Waals surface area contributed by atoms with Crippen molar-refractivity contribution >= 4 is 45.0 Å². The van der Waals surface area contributed by atoms with E-state index in [-0.39, 0.29) is 16.2 Å². The first kappa shape index (κ1) is 18.3. The van der Waals surface area contributed by atoms with Crippen LogP contribution in [0.25, 0.3) is 0 Å². The van der Waals surface area contributed by atoms with Crippen LogP contribution in [0.5, 0.6) is 0 Å². The van der Waals surface area contributed by atoms with E-state index < -0.39 is 10.0 Å². The third-order valence-electron chi connectivity index (χ3n) is 3.80. The van der Waals surface area contributed by atoms with E-state index in [4.69, 9.17) is 11.6 Å². The van der Waals surface area contributed by atoms with Gasteiger partial charge < -0.3 is 5.32 Å². The molecule has 0 bridgehead atoms. The molecule has 0 aromatic heterocycles. The Morgan fingerprint density at radius 3 is 2.52 bits per heavy atom. The summed E-state index contributed by atoms with van der Waals surface area (Å²) in [6.45, 7) is 1.83. The normalized spacial score (nSPS) is 18.2. The minimum Gasteiger partial charge on any atom is -0.326 e. The Bertz CT molecular complexity index is 885. The van der Waals surface area contributed by atoms with Gasteiger partial charge in [0.25, 0.3) is 0 Å². The van der Waals surface area contributed by atoms with Crippen molar-refractivity contribution in [3.05, 3.63) is 59.1 Å². The molecule has 132 valence electrons. The van der Waals surface area contributed by atoms with Crippen LogP contribution < -0.4 is 5.32 Å². The molecule has 1 aliphatic heterocycles. The lowest BCUT2D eigenvalue weighted by molar-refractivity contribution is -0.114. The van der Waals surface area contributed by atoms with Gasteiger partial charge in [0.05, 0.1) is 10.3 Å². The third kappa shape index (κ3) is 3.84. The van der Waals surface area contributed by atoms with Crippen molar-refractivity contribution in [1.82, 2.24) is 4.31 Å². The molecule has 1 N–H and O–H groups in total. The average molecular weight is 397 g/mol. The van der Waals surface area contributed by atoms with E-state index in [1.807, 2.05) is 18.2 Å². The zero-order valence-corrected chi connectivity index (χ0v) is 15.9. The van der Waals surface area contributed by atoms with E-state index in [1.165, 1.54) is 23.4 Å². The quantitative estimate of drug-likeness (QED) is 0.854. The molecule has 0 spiro atoms. The molecule has 5 nitrogen and oxygen atoms in total. The number of nitrogens with one attached hydrogen (secondary N) is 1. The molecule has 1 atom stereocenters. The molecule has 1 aliphatic rings. The standard InChI is InChI=1S/C17H17ClN2O3S2/c1-12(21)19-13-6-8-14(9-7-13)25(22,23)20-10-11-24-17(20)15-4-2-3-5-16(15)18/h2-9,17H,10-11H2,1H3,(H,19,21)/t17-/m1/s1. The molecule has 0 unspecified atom stereocenters. The Kier molecular flexibility index (Phi) is 5.38. The predicted octanol–water partition coefficient (Wildman–Crippen LogP) is 3.73. The van der Waals surface area contributed by atoms with Gasteiger partial charge in [-0.1, -0.05) is 29.8 Å². The second-order valence-electron chi connectivity index (χ2n) is 5.57. The highest BCUT2D eigenvalue weighted by molar-refractivity contribution is 8.01. The highest BCUT2D eigenvalue weighted by Gasteiger charge is 2.37. The van der Waals surface area contributed by atoms with Crippen molar-refractivity contribution < 1.29 is 13.2 Å². The summed E-state index contributed by atoms with van der Waals surface area (Å²) in [5.41, 5.74) is 1.36. The van der Waals surface area contributed by atoms with Gasteiger partial charge in [0.1, 0.15) is 0 Å². The zero-order chi connectivity index (χ0) is 18.0. The fourth-order valence-electron chi connectivity index (χ4n) is 2.67. The fraction of sp³-hybridized carbons (Fsp3) is 0.235. The number of thioether (sulfide) groups is 1. The van der Waals surface area contributed by atoms with Gasteiger partial charge in [-0.25, -0.2) is 8.42 Å². The van der Waals surface area contributed by atoms with Crippen LogP contribution >= 0.6 is 23.4 Å². The number of sulfonamides is 1. The van der Waals surface area contributed by atoms with Crippen molar-refractivity contribution in [2.24, 2.45) is 0 Å². The summed E-state index contributed by atoms with van der Waals surface area (Å²) in [5, 5.41) is 2.85. The molecule has 1 heterocycles. The van der Waals surface area contributed by atoms with E-state index >= 15 is 0 Å². The summed E-state index contributed by atoms with van der Waals surface area (Å²) in [6.07, 6.45) is 0. The fourth-order valence-corrected chi connectivity index (χ4v) is 6.24. The second kappa shape index (κ2) is 7.37. The molecule has 0 saturated carbocycles. The van der Waals surface area contributed by atoms with E-state index in [0.717, 1.165) is 5.56 Å². The Balaban J connectivity index is 1.91. The molecular weight excluding hydrogens is 380 g/mol. The number of benzene rings is 2. The van der Waals surface area contributed by atoms with E-state index in [1.54, 1.807) is 30.0 Å². The van der Waals surface area contributed by atoms with Gasteiger partial charge in [-0.05, 0) is 35.9 Å². The molecule has 0 aliphatic carbocycles. The molecule has 2 aromatic carbocycles. The van der Waals surface area contributed by atoms with Crippen molar-refractivity contribution in [2.75, 3.05) is 17.6 Å². The summed E-state index contributed by atoms with van der Waals surface area (Å²) in [7, 11) is -3.66. The average Bonchev–Trinajstić information content (AvgIpc) is 3.05. The largest absolute Gasteiger partial charge is 0.326 e. The van der Waals surface area contributed by atoms with Gasteiger partial charge >= 0.3 is 0 Å². The summed E-state index contributed by atoms with van der Waals surface area (Å²) in [6, 6.07) is 13.5. The minimum atomic E-state index is -3.66. The zero-order valence-electron chi connectivity index (χ0n) is 13.5. The first-order valence-corrected chi connectivity index (χ1v) is 10.5. The number of hydrogen-bond donors (Lipinski definition) is 1. The summed E-state index contributed by atoms with van der Waals surface area (Å²) >= 11 is 7.82. The van der Waals surface area contributed by atoms with E-state index in [2.05, 4.69) is 5.32 Å². The maximum absolute atomic E-state index is 13.0. The highest BCUT2D eigenvalue weighted by Crippen LogP contribution is 2.43. The number of hydrogen-bond acceptors (Lipinski definition) is 4. The smallest absolute Gasteiger partial charge is 0.244 e. The maximum atomic E-state index is 13.0. The number of halogens is 1. The topological polar surface area (TPSA) is 66.5 Å². The molecule has 8 heteroatoms. The van der Waals surface area contributed by atoms with Crippen LogP contribution in [-0.2, 0) is 14.8 Å². The van der Waals surface area contributed by atoms with Crippen LogP contribution in [-0.4, -0.2) is 30.9 Å². The van der Waals surface area contributed by atoms with Crippen LogP contribution in [0.1, 0.15) is 17.9 Å². The van der Waals surface area contributed by atoms with Crippen LogP contribution in [0.2, 0.25) is 5.02 Å². The lowest BCUT2D eigenvalue weighted by atomic mass is 10.2. The van der Waals surface area contributed by atoms with E-state index in [9.17, 15) is 13.2 Å². The number of amides is 1. The minimum absolute atomic E-state index is 0.196. The highest BCUT2D eigenvalue weighted by atomic mass is 35.5. The Morgan fingerprint density at radius 2 is 1.88 bits per heavy atom. The summed E-state index contributed by atoms with van der Waals surface area (Å²) in [5.74, 6) is 0.504. The molecule has 25 heavy (non-hydrogen) atoms. The van der Waals surface area contributed by atoms with Crippen molar-refractivity contribution in [2.45, 2.75) is 17.2 Å². The lowest BCUT2D eigenvalue weighted by Crippen LogP contribution is -2.30. The molecule has 1 amide bonds. The Morgan fingerprint density at radius 1 is 1.20 bits per heavy atom. The first-order chi connectivity index (χ1) is 11.9. The summed E-state index contributed by atoms with van der Waals surface area (Å²) < 4.78 is 27.6. The molecule has 1 saturated heterocycles. The molecule has 2 aromatic rings. The number of rotatable bonds is 4. The van der Waals surface area contributed by atoms with Crippen LogP contribution in [0.4, 0.5) is 5.69 Å². The van der Waals surface area contributed by atoms with Gasteiger partial charge in [0.2, 0.25) is 15.9 Å². The monoisotopic (exact) mass is 396 g/mol. The molecular formula is C17H17ClN2O3S2. The Hall–Kier alpha value is -1.54. The summed E-state index contributed by atoms with van der Waals surface area (Å²) in [4.78, 5) is 11.3. The number of carbonyl (C=O) groups is 1. The van der Waals surface area contributed by atoms with Gasteiger partial charge in [-0.2, -0.15) is 4.31 Å². The molecule has 3 rings (SSSR count). The Labute approximate surface area is 156 Å². The van der Waals surface area contributed by atoms with Gasteiger partial charge in [-0.3, -0.25) is 4.79 Å². The number of nitrogens with zero attached hydrogens (tertiary/aromatic N) is 1. The predicted molar refractivity (Wildman–Crippen MR) is 101 cm³/mol. The van der Waals surface area contributed by atoms with Crippen molar-refractivity contribution in [3.63, 3.8) is 0 Å².